The molecular weight excluding hydrogens is 244 g/mol. The minimum absolute atomic E-state index is 0.487. The highest BCUT2D eigenvalue weighted by atomic mass is 35.5. The van der Waals surface area contributed by atoms with Gasteiger partial charge in [-0.25, -0.2) is 0 Å². The van der Waals surface area contributed by atoms with Gasteiger partial charge in [-0.3, -0.25) is 0 Å². The van der Waals surface area contributed by atoms with E-state index in [0.717, 1.165) is 18.7 Å². The van der Waals surface area contributed by atoms with E-state index in [4.69, 9.17) is 16.9 Å². The summed E-state index contributed by atoms with van der Waals surface area (Å²) in [4.78, 5) is 2.37. The molecular formula is C15H21ClN2. The van der Waals surface area contributed by atoms with Crippen LogP contribution in [-0.4, -0.2) is 12.6 Å². The first-order valence-corrected chi connectivity index (χ1v) is 6.98. The summed E-state index contributed by atoms with van der Waals surface area (Å²) in [6.45, 7) is 7.64. The fraction of sp³-hybridized carbons (Fsp3) is 0.533. The van der Waals surface area contributed by atoms with E-state index in [2.05, 4.69) is 31.7 Å². The predicted octanol–water partition coefficient (Wildman–Crippen LogP) is 4.62. The van der Waals surface area contributed by atoms with Gasteiger partial charge in [0.1, 0.15) is 6.07 Å². The van der Waals surface area contributed by atoms with Crippen LogP contribution < -0.4 is 4.90 Å². The molecule has 0 fully saturated rings. The molecule has 1 aromatic carbocycles. The standard InChI is InChI=1S/C15H21ClN2/c1-4-6-9-18(12(3)5-2)14-8-7-13(11-17)15(16)10-14/h7-8,10,12H,4-6,9H2,1-3H3. The van der Waals surface area contributed by atoms with Gasteiger partial charge in [0.15, 0.2) is 0 Å². The number of nitrogens with zero attached hydrogens (tertiary/aromatic N) is 2. The Labute approximate surface area is 115 Å². The Balaban J connectivity index is 2.98. The van der Waals surface area contributed by atoms with Gasteiger partial charge >= 0.3 is 0 Å². The van der Waals surface area contributed by atoms with Crippen LogP contribution in [0.3, 0.4) is 0 Å². The Morgan fingerprint density at radius 1 is 1.39 bits per heavy atom. The van der Waals surface area contributed by atoms with Crippen molar-refractivity contribution in [3.63, 3.8) is 0 Å². The zero-order valence-electron chi connectivity index (χ0n) is 11.4. The van der Waals surface area contributed by atoms with E-state index < -0.39 is 0 Å². The number of nitriles is 1. The largest absolute Gasteiger partial charge is 0.369 e. The Kier molecular flexibility index (Phi) is 6.01. The Morgan fingerprint density at radius 3 is 2.61 bits per heavy atom. The van der Waals surface area contributed by atoms with E-state index in [9.17, 15) is 0 Å². The molecule has 0 amide bonds. The molecule has 0 N–H and O–H groups in total. The smallest absolute Gasteiger partial charge is 0.101 e. The van der Waals surface area contributed by atoms with Gasteiger partial charge in [-0.1, -0.05) is 31.9 Å². The summed E-state index contributed by atoms with van der Waals surface area (Å²) in [5.41, 5.74) is 1.65. The Morgan fingerprint density at radius 2 is 2.11 bits per heavy atom. The van der Waals surface area contributed by atoms with Crippen molar-refractivity contribution in [1.29, 1.82) is 5.26 Å². The van der Waals surface area contributed by atoms with E-state index in [0.29, 0.717) is 16.6 Å². The lowest BCUT2D eigenvalue weighted by molar-refractivity contribution is 0.596. The molecule has 2 nitrogen and oxygen atoms in total. The van der Waals surface area contributed by atoms with Crippen LogP contribution in [0.1, 0.15) is 45.6 Å². The minimum atomic E-state index is 0.487. The number of halogens is 1. The highest BCUT2D eigenvalue weighted by Gasteiger charge is 2.13. The van der Waals surface area contributed by atoms with Gasteiger partial charge in [0.2, 0.25) is 0 Å². The molecule has 1 rings (SSSR count). The second kappa shape index (κ2) is 7.28. The molecule has 0 radical (unpaired) electrons. The zero-order chi connectivity index (χ0) is 13.5. The normalized spacial score (nSPS) is 11.9. The SMILES string of the molecule is CCCCN(c1ccc(C#N)c(Cl)c1)C(C)CC. The fourth-order valence-electron chi connectivity index (χ4n) is 1.93. The van der Waals surface area contributed by atoms with Crippen molar-refractivity contribution in [2.75, 3.05) is 11.4 Å². The van der Waals surface area contributed by atoms with E-state index in [-0.39, 0.29) is 0 Å². The molecule has 0 aliphatic carbocycles. The molecule has 1 unspecified atom stereocenters. The summed E-state index contributed by atoms with van der Waals surface area (Å²) in [7, 11) is 0. The highest BCUT2D eigenvalue weighted by Crippen LogP contribution is 2.25. The maximum atomic E-state index is 8.90. The van der Waals surface area contributed by atoms with Crippen LogP contribution >= 0.6 is 11.6 Å². The molecule has 1 atom stereocenters. The van der Waals surface area contributed by atoms with Crippen LogP contribution in [0.15, 0.2) is 18.2 Å². The van der Waals surface area contributed by atoms with Crippen molar-refractivity contribution in [2.45, 2.75) is 46.1 Å². The molecule has 98 valence electrons. The molecule has 18 heavy (non-hydrogen) atoms. The van der Waals surface area contributed by atoms with Crippen molar-refractivity contribution in [3.05, 3.63) is 28.8 Å². The van der Waals surface area contributed by atoms with E-state index in [1.807, 2.05) is 12.1 Å². The fourth-order valence-corrected chi connectivity index (χ4v) is 2.14. The van der Waals surface area contributed by atoms with Crippen molar-refractivity contribution < 1.29 is 0 Å². The molecule has 0 spiro atoms. The number of anilines is 1. The van der Waals surface area contributed by atoms with Crippen LogP contribution in [-0.2, 0) is 0 Å². The molecule has 0 heterocycles. The van der Waals surface area contributed by atoms with E-state index in [1.54, 1.807) is 6.07 Å². The van der Waals surface area contributed by atoms with Crippen LogP contribution in [0, 0.1) is 11.3 Å². The number of rotatable bonds is 6. The molecule has 0 saturated heterocycles. The molecule has 0 bridgehead atoms. The lowest BCUT2D eigenvalue weighted by Gasteiger charge is -2.31. The van der Waals surface area contributed by atoms with Crippen LogP contribution in [0.4, 0.5) is 5.69 Å². The molecule has 3 heteroatoms. The maximum Gasteiger partial charge on any atom is 0.101 e. The first-order valence-electron chi connectivity index (χ1n) is 6.60. The highest BCUT2D eigenvalue weighted by molar-refractivity contribution is 6.32. The van der Waals surface area contributed by atoms with Crippen LogP contribution in [0.2, 0.25) is 5.02 Å². The minimum Gasteiger partial charge on any atom is -0.369 e. The summed E-state index contributed by atoms with van der Waals surface area (Å²) < 4.78 is 0. The third-order valence-corrected chi connectivity index (χ3v) is 3.59. The van der Waals surface area contributed by atoms with Gasteiger partial charge < -0.3 is 4.90 Å². The Hall–Kier alpha value is -1.20. The first kappa shape index (κ1) is 14.9. The monoisotopic (exact) mass is 264 g/mol. The second-order valence-corrected chi connectivity index (χ2v) is 4.99. The van der Waals surface area contributed by atoms with E-state index in [1.165, 1.54) is 12.8 Å². The molecule has 0 aliphatic rings. The summed E-state index contributed by atoms with van der Waals surface area (Å²) in [6.07, 6.45) is 3.44. The van der Waals surface area contributed by atoms with Gasteiger partial charge in [-0.15, -0.1) is 0 Å². The number of hydrogen-bond donors (Lipinski definition) is 0. The maximum absolute atomic E-state index is 8.90. The predicted molar refractivity (Wildman–Crippen MR) is 78.2 cm³/mol. The number of benzene rings is 1. The summed E-state index contributed by atoms with van der Waals surface area (Å²) in [5, 5.41) is 9.44. The van der Waals surface area contributed by atoms with E-state index >= 15 is 0 Å². The second-order valence-electron chi connectivity index (χ2n) is 4.58. The average molecular weight is 265 g/mol. The zero-order valence-corrected chi connectivity index (χ0v) is 12.2. The quantitative estimate of drug-likeness (QED) is 0.750. The van der Waals surface area contributed by atoms with Gasteiger partial charge in [0.25, 0.3) is 0 Å². The lowest BCUT2D eigenvalue weighted by Crippen LogP contribution is -2.33. The van der Waals surface area contributed by atoms with Gasteiger partial charge in [0.05, 0.1) is 10.6 Å². The van der Waals surface area contributed by atoms with Crippen molar-refractivity contribution in [2.24, 2.45) is 0 Å². The third kappa shape index (κ3) is 3.65. The third-order valence-electron chi connectivity index (χ3n) is 3.28. The van der Waals surface area contributed by atoms with Gasteiger partial charge in [-0.2, -0.15) is 5.26 Å². The topological polar surface area (TPSA) is 27.0 Å². The number of unbranched alkanes of at least 4 members (excludes halogenated alkanes) is 1. The Bertz CT molecular complexity index is 423. The molecule has 0 saturated carbocycles. The summed E-state index contributed by atoms with van der Waals surface area (Å²) in [5.74, 6) is 0. The average Bonchev–Trinajstić information content (AvgIpc) is 2.39. The van der Waals surface area contributed by atoms with Crippen LogP contribution in [0.5, 0.6) is 0 Å². The summed E-state index contributed by atoms with van der Waals surface area (Å²) in [6, 6.07) is 8.29. The van der Waals surface area contributed by atoms with Gasteiger partial charge in [0, 0.05) is 18.3 Å². The number of hydrogen-bond acceptors (Lipinski definition) is 2. The van der Waals surface area contributed by atoms with Crippen molar-refractivity contribution in [1.82, 2.24) is 0 Å². The summed E-state index contributed by atoms with van der Waals surface area (Å²) >= 11 is 6.11. The van der Waals surface area contributed by atoms with Crippen LogP contribution in [0.25, 0.3) is 0 Å². The van der Waals surface area contributed by atoms with Crippen molar-refractivity contribution in [3.8, 4) is 6.07 Å². The molecule has 1 aromatic rings. The first-order chi connectivity index (χ1) is 8.63. The molecule has 0 aliphatic heterocycles. The molecule has 0 aromatic heterocycles. The lowest BCUT2D eigenvalue weighted by atomic mass is 10.1. The van der Waals surface area contributed by atoms with Gasteiger partial charge in [-0.05, 0) is 38.0 Å². The van der Waals surface area contributed by atoms with Crippen molar-refractivity contribution >= 4 is 17.3 Å².